The van der Waals surface area contributed by atoms with Crippen molar-refractivity contribution < 1.29 is 14.0 Å². The first kappa shape index (κ1) is 13.5. The Kier molecular flexibility index (Phi) is 3.38. The topological polar surface area (TPSA) is 51.0 Å². The van der Waals surface area contributed by atoms with Crippen LogP contribution >= 0.6 is 0 Å². The van der Waals surface area contributed by atoms with Crippen LogP contribution in [-0.2, 0) is 17.9 Å². The van der Waals surface area contributed by atoms with E-state index in [4.69, 9.17) is 14.0 Å². The number of aromatic nitrogens is 1. The summed E-state index contributed by atoms with van der Waals surface area (Å²) in [7, 11) is 1.65. The molecule has 0 saturated heterocycles. The summed E-state index contributed by atoms with van der Waals surface area (Å²) >= 11 is 0. The summed E-state index contributed by atoms with van der Waals surface area (Å²) in [6, 6.07) is 8.20. The number of hydrogen-bond acceptors (Lipinski definition) is 6. The van der Waals surface area contributed by atoms with Crippen molar-refractivity contribution >= 4 is 11.4 Å². The molecule has 0 spiro atoms. The average molecular weight is 301 g/mol. The highest BCUT2D eigenvalue weighted by atomic mass is 16.5. The number of hydrogen-bond donors (Lipinski definition) is 0. The van der Waals surface area contributed by atoms with Crippen molar-refractivity contribution in [1.29, 1.82) is 0 Å². The van der Waals surface area contributed by atoms with Gasteiger partial charge in [-0.1, -0.05) is 11.2 Å². The molecule has 1 aromatic carbocycles. The predicted molar refractivity (Wildman–Crippen MR) is 82.4 cm³/mol. The molecule has 4 rings (SSSR count). The highest BCUT2D eigenvalue weighted by Crippen LogP contribution is 2.42. The van der Waals surface area contributed by atoms with E-state index in [1.165, 1.54) is 11.4 Å². The van der Waals surface area contributed by atoms with Gasteiger partial charge in [0.05, 0.1) is 18.8 Å². The number of benzene rings is 1. The summed E-state index contributed by atoms with van der Waals surface area (Å²) in [6.45, 7) is 4.89. The van der Waals surface area contributed by atoms with Gasteiger partial charge < -0.3 is 23.8 Å². The molecule has 0 saturated carbocycles. The molecule has 3 heterocycles. The quantitative estimate of drug-likeness (QED) is 0.861. The number of ether oxygens (including phenoxy) is 2. The Morgan fingerprint density at radius 3 is 3.14 bits per heavy atom. The van der Waals surface area contributed by atoms with E-state index in [9.17, 15) is 0 Å². The Morgan fingerprint density at radius 1 is 1.27 bits per heavy atom. The van der Waals surface area contributed by atoms with E-state index in [1.807, 2.05) is 12.1 Å². The van der Waals surface area contributed by atoms with E-state index >= 15 is 0 Å². The fourth-order valence-electron chi connectivity index (χ4n) is 3.16. The van der Waals surface area contributed by atoms with Crippen LogP contribution in [0.2, 0.25) is 0 Å². The van der Waals surface area contributed by atoms with Gasteiger partial charge in [0.2, 0.25) is 0 Å². The predicted octanol–water partition coefficient (Wildman–Crippen LogP) is 2.04. The third-order valence-corrected chi connectivity index (χ3v) is 4.14. The molecule has 0 aliphatic carbocycles. The lowest BCUT2D eigenvalue weighted by molar-refractivity contribution is 0.156. The second kappa shape index (κ2) is 5.53. The van der Waals surface area contributed by atoms with Gasteiger partial charge in [0.1, 0.15) is 30.3 Å². The second-order valence-electron chi connectivity index (χ2n) is 5.60. The van der Waals surface area contributed by atoms with Gasteiger partial charge in [0.25, 0.3) is 0 Å². The van der Waals surface area contributed by atoms with Crippen molar-refractivity contribution in [3.8, 4) is 5.75 Å². The summed E-state index contributed by atoms with van der Waals surface area (Å²) in [5, 5.41) is 4.14. The average Bonchev–Trinajstić information content (AvgIpc) is 2.98. The van der Waals surface area contributed by atoms with Crippen LogP contribution in [0, 0.1) is 0 Å². The fourth-order valence-corrected chi connectivity index (χ4v) is 3.16. The van der Waals surface area contributed by atoms with Crippen molar-refractivity contribution in [3.05, 3.63) is 35.7 Å². The van der Waals surface area contributed by atoms with E-state index in [0.717, 1.165) is 50.0 Å². The van der Waals surface area contributed by atoms with E-state index in [1.54, 1.807) is 7.11 Å². The molecule has 0 unspecified atom stereocenters. The molecule has 0 radical (unpaired) electrons. The normalized spacial score (nSPS) is 16.4. The first-order valence-corrected chi connectivity index (χ1v) is 7.54. The smallest absolute Gasteiger partial charge is 0.162 e. The molecule has 0 bridgehead atoms. The maximum absolute atomic E-state index is 5.79. The van der Waals surface area contributed by atoms with Gasteiger partial charge in [-0.2, -0.15) is 0 Å². The summed E-state index contributed by atoms with van der Waals surface area (Å²) in [6.07, 6.45) is 0. The van der Waals surface area contributed by atoms with E-state index in [0.29, 0.717) is 6.61 Å². The molecule has 0 N–H and O–H groups in total. The van der Waals surface area contributed by atoms with E-state index in [2.05, 4.69) is 27.1 Å². The Labute approximate surface area is 129 Å². The minimum Gasteiger partial charge on any atom is -0.489 e. The van der Waals surface area contributed by atoms with Crippen LogP contribution in [-0.4, -0.2) is 38.5 Å². The van der Waals surface area contributed by atoms with Crippen molar-refractivity contribution in [1.82, 2.24) is 5.16 Å². The monoisotopic (exact) mass is 301 g/mol. The molecular formula is C16H19N3O3. The Hall–Kier alpha value is -2.21. The first-order valence-electron chi connectivity index (χ1n) is 7.54. The van der Waals surface area contributed by atoms with Gasteiger partial charge in [-0.3, -0.25) is 0 Å². The summed E-state index contributed by atoms with van der Waals surface area (Å²) < 4.78 is 16.1. The van der Waals surface area contributed by atoms with Gasteiger partial charge in [-0.25, -0.2) is 0 Å². The molecule has 1 aromatic heterocycles. The van der Waals surface area contributed by atoms with Gasteiger partial charge in [-0.05, 0) is 12.1 Å². The summed E-state index contributed by atoms with van der Waals surface area (Å²) in [4.78, 5) is 4.74. The van der Waals surface area contributed by atoms with Crippen LogP contribution in [0.5, 0.6) is 5.75 Å². The summed E-state index contributed by atoms with van der Waals surface area (Å²) in [5.41, 5.74) is 3.34. The molecule has 6 nitrogen and oxygen atoms in total. The Bertz CT molecular complexity index is 670. The zero-order chi connectivity index (χ0) is 14.9. The van der Waals surface area contributed by atoms with Crippen LogP contribution in [0.1, 0.15) is 11.5 Å². The minimum atomic E-state index is 0.454. The van der Waals surface area contributed by atoms with Crippen LogP contribution in [0.4, 0.5) is 11.4 Å². The van der Waals surface area contributed by atoms with E-state index in [-0.39, 0.29) is 0 Å². The van der Waals surface area contributed by atoms with Crippen molar-refractivity contribution in [2.45, 2.75) is 13.2 Å². The molecule has 0 amide bonds. The maximum atomic E-state index is 5.79. The minimum absolute atomic E-state index is 0.454. The first-order chi connectivity index (χ1) is 10.8. The van der Waals surface area contributed by atoms with Crippen molar-refractivity contribution in [3.63, 3.8) is 0 Å². The SMILES string of the molecule is COCc1cc(CN2CCN3CCOc4cccc2c43)no1. The number of para-hydroxylation sites is 1. The lowest BCUT2D eigenvalue weighted by Gasteiger charge is -2.41. The van der Waals surface area contributed by atoms with Crippen LogP contribution in [0.25, 0.3) is 0 Å². The number of methoxy groups -OCH3 is 1. The third kappa shape index (κ3) is 2.29. The largest absolute Gasteiger partial charge is 0.489 e. The van der Waals surface area contributed by atoms with Crippen molar-refractivity contribution in [2.24, 2.45) is 0 Å². The Balaban J connectivity index is 1.60. The zero-order valence-electron chi connectivity index (χ0n) is 12.6. The Morgan fingerprint density at radius 2 is 2.23 bits per heavy atom. The standard InChI is InChI=1S/C16H19N3O3/c1-20-11-13-9-12(17-22-13)10-19-6-5-18-7-8-21-15-4-2-3-14(19)16(15)18/h2-4,9H,5-8,10-11H2,1H3. The van der Waals surface area contributed by atoms with Crippen LogP contribution in [0.3, 0.4) is 0 Å². The molecular weight excluding hydrogens is 282 g/mol. The highest BCUT2D eigenvalue weighted by molar-refractivity contribution is 5.80. The molecule has 2 aromatic rings. The second-order valence-corrected chi connectivity index (χ2v) is 5.60. The molecule has 2 aliphatic heterocycles. The van der Waals surface area contributed by atoms with Gasteiger partial charge in [-0.15, -0.1) is 0 Å². The van der Waals surface area contributed by atoms with Gasteiger partial charge in [0, 0.05) is 26.3 Å². The maximum Gasteiger partial charge on any atom is 0.162 e. The van der Waals surface area contributed by atoms with E-state index < -0.39 is 0 Å². The zero-order valence-corrected chi connectivity index (χ0v) is 12.6. The van der Waals surface area contributed by atoms with Gasteiger partial charge in [0.15, 0.2) is 5.76 Å². The fraction of sp³-hybridized carbons (Fsp3) is 0.438. The third-order valence-electron chi connectivity index (χ3n) is 4.14. The summed E-state index contributed by atoms with van der Waals surface area (Å²) in [5.74, 6) is 1.74. The number of rotatable bonds is 4. The lowest BCUT2D eigenvalue weighted by atomic mass is 10.1. The van der Waals surface area contributed by atoms with Crippen molar-refractivity contribution in [2.75, 3.05) is 43.2 Å². The van der Waals surface area contributed by atoms with Crippen LogP contribution in [0.15, 0.2) is 28.8 Å². The molecule has 22 heavy (non-hydrogen) atoms. The van der Waals surface area contributed by atoms with Gasteiger partial charge >= 0.3 is 0 Å². The number of nitrogens with zero attached hydrogens (tertiary/aromatic N) is 3. The molecule has 0 fully saturated rings. The molecule has 116 valence electrons. The molecule has 6 heteroatoms. The lowest BCUT2D eigenvalue weighted by Crippen LogP contribution is -2.44. The molecule has 2 aliphatic rings. The number of anilines is 2. The van der Waals surface area contributed by atoms with Crippen LogP contribution < -0.4 is 14.5 Å². The highest BCUT2D eigenvalue weighted by Gasteiger charge is 2.28. The molecule has 0 atom stereocenters.